The van der Waals surface area contributed by atoms with Crippen molar-refractivity contribution in [3.05, 3.63) is 0 Å². The molecule has 1 aliphatic heterocycles. The van der Waals surface area contributed by atoms with Crippen molar-refractivity contribution in [2.75, 3.05) is 33.7 Å². The molecule has 2 atom stereocenters. The highest BCUT2D eigenvalue weighted by atomic mass is 16.2. The largest absolute Gasteiger partial charge is 0.352 e. The van der Waals surface area contributed by atoms with Crippen molar-refractivity contribution in [3.63, 3.8) is 0 Å². The van der Waals surface area contributed by atoms with Crippen LogP contribution in [0.1, 0.15) is 45.4 Å². The minimum Gasteiger partial charge on any atom is -0.352 e. The van der Waals surface area contributed by atoms with Crippen LogP contribution in [0.3, 0.4) is 0 Å². The number of carbonyl (C=O) groups excluding carboxylic acids is 2. The third-order valence-corrected chi connectivity index (χ3v) is 5.20. The standard InChI is InChI=1S/C17H31N3O2/c1-13-6-4-5-7-15(13)18-16(21)12-20-10-8-14(9-11-20)17(22)19(2)3/h13-15H,4-12H2,1-3H3,(H,18,21). The van der Waals surface area contributed by atoms with Gasteiger partial charge in [-0.15, -0.1) is 0 Å². The summed E-state index contributed by atoms with van der Waals surface area (Å²) < 4.78 is 0. The molecule has 126 valence electrons. The number of carbonyl (C=O) groups is 2. The maximum Gasteiger partial charge on any atom is 0.234 e. The van der Waals surface area contributed by atoms with Crippen LogP contribution in [-0.4, -0.2) is 61.4 Å². The van der Waals surface area contributed by atoms with Gasteiger partial charge in [-0.3, -0.25) is 14.5 Å². The van der Waals surface area contributed by atoms with Crippen LogP contribution in [0, 0.1) is 11.8 Å². The van der Waals surface area contributed by atoms with Gasteiger partial charge in [-0.25, -0.2) is 0 Å². The Bertz CT molecular complexity index is 389. The zero-order chi connectivity index (χ0) is 16.1. The molecule has 0 aromatic carbocycles. The molecular formula is C17H31N3O2. The van der Waals surface area contributed by atoms with Crippen molar-refractivity contribution in [2.24, 2.45) is 11.8 Å². The summed E-state index contributed by atoms with van der Waals surface area (Å²) in [4.78, 5) is 28.0. The summed E-state index contributed by atoms with van der Waals surface area (Å²) in [6, 6.07) is 0.356. The lowest BCUT2D eigenvalue weighted by Crippen LogP contribution is -2.48. The van der Waals surface area contributed by atoms with Crippen LogP contribution in [0.25, 0.3) is 0 Å². The highest BCUT2D eigenvalue weighted by Crippen LogP contribution is 2.24. The minimum atomic E-state index is 0.132. The lowest BCUT2D eigenvalue weighted by atomic mass is 9.86. The fourth-order valence-corrected chi connectivity index (χ4v) is 3.69. The Labute approximate surface area is 134 Å². The lowest BCUT2D eigenvalue weighted by Gasteiger charge is -2.33. The van der Waals surface area contributed by atoms with E-state index in [-0.39, 0.29) is 17.7 Å². The van der Waals surface area contributed by atoms with Gasteiger partial charge in [0, 0.05) is 26.1 Å². The number of hydrogen-bond acceptors (Lipinski definition) is 3. The maximum atomic E-state index is 12.2. The predicted molar refractivity (Wildman–Crippen MR) is 87.4 cm³/mol. The average molecular weight is 309 g/mol. The highest BCUT2D eigenvalue weighted by molar-refractivity contribution is 5.79. The van der Waals surface area contributed by atoms with Gasteiger partial charge >= 0.3 is 0 Å². The van der Waals surface area contributed by atoms with E-state index < -0.39 is 0 Å². The molecule has 0 aromatic rings. The van der Waals surface area contributed by atoms with Crippen LogP contribution < -0.4 is 5.32 Å². The third-order valence-electron chi connectivity index (χ3n) is 5.20. The van der Waals surface area contributed by atoms with Gasteiger partial charge in [-0.05, 0) is 44.7 Å². The molecule has 2 unspecified atom stereocenters. The second-order valence-corrected chi connectivity index (χ2v) is 7.22. The number of amides is 2. The first-order valence-electron chi connectivity index (χ1n) is 8.70. The first kappa shape index (κ1) is 17.3. The zero-order valence-corrected chi connectivity index (χ0v) is 14.3. The van der Waals surface area contributed by atoms with Crippen molar-refractivity contribution >= 4 is 11.8 Å². The van der Waals surface area contributed by atoms with E-state index in [4.69, 9.17) is 0 Å². The molecule has 2 amide bonds. The molecule has 22 heavy (non-hydrogen) atoms. The molecule has 1 N–H and O–H groups in total. The van der Waals surface area contributed by atoms with Crippen LogP contribution in [-0.2, 0) is 9.59 Å². The van der Waals surface area contributed by atoms with Gasteiger partial charge in [0.15, 0.2) is 0 Å². The molecular weight excluding hydrogens is 278 g/mol. The molecule has 2 fully saturated rings. The molecule has 2 rings (SSSR count). The van der Waals surface area contributed by atoms with Crippen LogP contribution in [0.4, 0.5) is 0 Å². The van der Waals surface area contributed by atoms with Gasteiger partial charge in [0.2, 0.25) is 11.8 Å². The quantitative estimate of drug-likeness (QED) is 0.856. The second-order valence-electron chi connectivity index (χ2n) is 7.22. The van der Waals surface area contributed by atoms with Gasteiger partial charge in [-0.2, -0.15) is 0 Å². The van der Waals surface area contributed by atoms with Crippen molar-refractivity contribution < 1.29 is 9.59 Å². The smallest absolute Gasteiger partial charge is 0.234 e. The van der Waals surface area contributed by atoms with E-state index in [1.54, 1.807) is 4.90 Å². The van der Waals surface area contributed by atoms with Gasteiger partial charge in [-0.1, -0.05) is 19.8 Å². The SMILES string of the molecule is CC1CCCCC1NC(=O)CN1CCC(C(=O)N(C)C)CC1. The lowest BCUT2D eigenvalue weighted by molar-refractivity contribution is -0.134. The minimum absolute atomic E-state index is 0.132. The Balaban J connectivity index is 1.71. The number of likely N-dealkylation sites (tertiary alicyclic amines) is 1. The van der Waals surface area contributed by atoms with E-state index in [0.29, 0.717) is 18.5 Å². The van der Waals surface area contributed by atoms with Crippen LogP contribution in [0.15, 0.2) is 0 Å². The Morgan fingerprint density at radius 3 is 2.32 bits per heavy atom. The van der Waals surface area contributed by atoms with Crippen molar-refractivity contribution in [1.82, 2.24) is 15.1 Å². The molecule has 0 bridgehead atoms. The second kappa shape index (κ2) is 7.95. The molecule has 1 saturated carbocycles. The average Bonchev–Trinajstić information content (AvgIpc) is 2.49. The summed E-state index contributed by atoms with van der Waals surface area (Å²) in [5.74, 6) is 1.10. The number of nitrogens with zero attached hydrogens (tertiary/aromatic N) is 2. The summed E-state index contributed by atoms with van der Waals surface area (Å²) in [7, 11) is 3.63. The van der Waals surface area contributed by atoms with Crippen molar-refractivity contribution in [1.29, 1.82) is 0 Å². The highest BCUT2D eigenvalue weighted by Gasteiger charge is 2.28. The summed E-state index contributed by atoms with van der Waals surface area (Å²) >= 11 is 0. The van der Waals surface area contributed by atoms with Crippen LogP contribution >= 0.6 is 0 Å². The van der Waals surface area contributed by atoms with E-state index in [9.17, 15) is 9.59 Å². The predicted octanol–water partition coefficient (Wildman–Crippen LogP) is 1.48. The molecule has 0 spiro atoms. The van der Waals surface area contributed by atoms with Crippen LogP contribution in [0.2, 0.25) is 0 Å². The molecule has 5 nitrogen and oxygen atoms in total. The molecule has 1 heterocycles. The summed E-state index contributed by atoms with van der Waals surface area (Å²) in [6.07, 6.45) is 6.60. The number of nitrogens with one attached hydrogen (secondary N) is 1. The first-order valence-corrected chi connectivity index (χ1v) is 8.70. The molecule has 1 aliphatic carbocycles. The van der Waals surface area contributed by atoms with Gasteiger partial charge < -0.3 is 10.2 Å². The molecule has 0 radical (unpaired) electrons. The van der Waals surface area contributed by atoms with Gasteiger partial charge in [0.1, 0.15) is 0 Å². The van der Waals surface area contributed by atoms with E-state index in [2.05, 4.69) is 17.1 Å². The van der Waals surface area contributed by atoms with Gasteiger partial charge in [0.05, 0.1) is 6.54 Å². The monoisotopic (exact) mass is 309 g/mol. The molecule has 2 aliphatic rings. The Morgan fingerprint density at radius 1 is 1.09 bits per heavy atom. The normalized spacial score (nSPS) is 27.4. The molecule has 5 heteroatoms. The van der Waals surface area contributed by atoms with E-state index >= 15 is 0 Å². The third kappa shape index (κ3) is 4.70. The first-order chi connectivity index (χ1) is 10.5. The maximum absolute atomic E-state index is 12.2. The molecule has 1 saturated heterocycles. The van der Waals surface area contributed by atoms with E-state index in [0.717, 1.165) is 32.4 Å². The molecule has 0 aromatic heterocycles. The van der Waals surface area contributed by atoms with Crippen LogP contribution in [0.5, 0.6) is 0 Å². The Hall–Kier alpha value is -1.10. The number of rotatable bonds is 4. The number of piperidine rings is 1. The van der Waals surface area contributed by atoms with Crippen molar-refractivity contribution in [3.8, 4) is 0 Å². The Morgan fingerprint density at radius 2 is 1.73 bits per heavy atom. The van der Waals surface area contributed by atoms with Crippen molar-refractivity contribution in [2.45, 2.75) is 51.5 Å². The fraction of sp³-hybridized carbons (Fsp3) is 0.882. The Kier molecular flexibility index (Phi) is 6.24. The summed E-state index contributed by atoms with van der Waals surface area (Å²) in [5.41, 5.74) is 0. The zero-order valence-electron chi connectivity index (χ0n) is 14.3. The fourth-order valence-electron chi connectivity index (χ4n) is 3.69. The van der Waals surface area contributed by atoms with E-state index in [1.165, 1.54) is 19.3 Å². The number of hydrogen-bond donors (Lipinski definition) is 1. The van der Waals surface area contributed by atoms with E-state index in [1.807, 2.05) is 14.1 Å². The topological polar surface area (TPSA) is 52.7 Å². The summed E-state index contributed by atoms with van der Waals surface area (Å²) in [6.45, 7) is 4.41. The van der Waals surface area contributed by atoms with Gasteiger partial charge in [0.25, 0.3) is 0 Å². The summed E-state index contributed by atoms with van der Waals surface area (Å²) in [5, 5.41) is 3.21.